The van der Waals surface area contributed by atoms with E-state index in [9.17, 15) is 13.2 Å². The molecule has 6 nitrogen and oxygen atoms in total. The first-order valence-electron chi connectivity index (χ1n) is 7.80. The van der Waals surface area contributed by atoms with E-state index >= 15 is 0 Å². The number of anilines is 1. The molecule has 3 aromatic rings. The summed E-state index contributed by atoms with van der Waals surface area (Å²) in [5.41, 5.74) is 1.96. The smallest absolute Gasteiger partial charge is 0.338 e. The fraction of sp³-hybridized carbons (Fsp3) is 0.0526. The molecule has 0 aliphatic carbocycles. The first kappa shape index (κ1) is 18.6. The number of nitrogens with zero attached hydrogens (tertiary/aromatic N) is 1. The van der Waals surface area contributed by atoms with E-state index in [0.717, 1.165) is 16.9 Å². The van der Waals surface area contributed by atoms with Gasteiger partial charge >= 0.3 is 5.97 Å². The number of nitrogens with one attached hydrogen (secondary N) is 1. The number of carbonyl (C=O) groups is 1. The SMILES string of the molecule is N#Cc1ccc(COC(=O)c2ccc(NS(=O)(=O)c3cccs3)cc2)cc1. The van der Waals surface area contributed by atoms with Crippen molar-refractivity contribution in [1.82, 2.24) is 0 Å². The van der Waals surface area contributed by atoms with Crippen molar-refractivity contribution in [3.8, 4) is 6.07 Å². The van der Waals surface area contributed by atoms with Crippen molar-refractivity contribution in [3.05, 3.63) is 82.7 Å². The van der Waals surface area contributed by atoms with Crippen molar-refractivity contribution in [1.29, 1.82) is 5.26 Å². The van der Waals surface area contributed by atoms with Crippen LogP contribution in [0.4, 0.5) is 5.69 Å². The van der Waals surface area contributed by atoms with Gasteiger partial charge in [-0.1, -0.05) is 18.2 Å². The predicted octanol–water partition coefficient (Wildman–Crippen LogP) is 3.78. The molecule has 0 amide bonds. The Kier molecular flexibility index (Phi) is 5.54. The standard InChI is InChI=1S/C19H14N2O4S2/c20-12-14-3-5-15(6-4-14)13-25-19(22)16-7-9-17(10-8-16)21-27(23,24)18-2-1-11-26-18/h1-11,21H,13H2. The maximum Gasteiger partial charge on any atom is 0.338 e. The van der Waals surface area contributed by atoms with Crippen LogP contribution in [-0.4, -0.2) is 14.4 Å². The van der Waals surface area contributed by atoms with E-state index in [2.05, 4.69) is 4.72 Å². The van der Waals surface area contributed by atoms with Crippen molar-refractivity contribution in [2.24, 2.45) is 0 Å². The summed E-state index contributed by atoms with van der Waals surface area (Å²) in [5, 5.41) is 10.4. The van der Waals surface area contributed by atoms with Gasteiger partial charge in [-0.05, 0) is 53.4 Å². The average molecular weight is 398 g/mol. The lowest BCUT2D eigenvalue weighted by molar-refractivity contribution is 0.0472. The van der Waals surface area contributed by atoms with Gasteiger partial charge in [0, 0.05) is 5.69 Å². The fourth-order valence-electron chi connectivity index (χ4n) is 2.20. The highest BCUT2D eigenvalue weighted by Crippen LogP contribution is 2.20. The van der Waals surface area contributed by atoms with Crippen LogP contribution in [0.2, 0.25) is 0 Å². The summed E-state index contributed by atoms with van der Waals surface area (Å²) in [6, 6.07) is 17.9. The molecule has 0 fully saturated rings. The number of benzene rings is 2. The molecule has 0 spiro atoms. The number of rotatable bonds is 6. The van der Waals surface area contributed by atoms with E-state index in [0.29, 0.717) is 16.8 Å². The number of hydrogen-bond acceptors (Lipinski definition) is 6. The van der Waals surface area contributed by atoms with Crippen LogP contribution in [0.1, 0.15) is 21.5 Å². The van der Waals surface area contributed by atoms with Crippen LogP contribution in [0.3, 0.4) is 0 Å². The molecule has 0 aliphatic rings. The Morgan fingerprint density at radius 2 is 1.78 bits per heavy atom. The van der Waals surface area contributed by atoms with Crippen molar-refractivity contribution < 1.29 is 17.9 Å². The van der Waals surface area contributed by atoms with Crippen LogP contribution < -0.4 is 4.72 Å². The molecule has 1 heterocycles. The Hall–Kier alpha value is -3.15. The molecule has 0 bridgehead atoms. The Morgan fingerprint density at radius 3 is 2.37 bits per heavy atom. The van der Waals surface area contributed by atoms with Gasteiger partial charge in [0.05, 0.1) is 17.2 Å². The number of thiophene rings is 1. The number of carbonyl (C=O) groups excluding carboxylic acids is 1. The maximum absolute atomic E-state index is 12.2. The highest BCUT2D eigenvalue weighted by atomic mass is 32.2. The van der Waals surface area contributed by atoms with Crippen molar-refractivity contribution in [2.45, 2.75) is 10.8 Å². The summed E-state index contributed by atoms with van der Waals surface area (Å²) in [5.74, 6) is -0.521. The normalized spacial score (nSPS) is 10.8. The van der Waals surface area contributed by atoms with Gasteiger partial charge in [-0.25, -0.2) is 13.2 Å². The van der Waals surface area contributed by atoms with E-state index < -0.39 is 16.0 Å². The molecule has 0 saturated carbocycles. The lowest BCUT2D eigenvalue weighted by Gasteiger charge is -2.08. The van der Waals surface area contributed by atoms with Gasteiger partial charge in [0.2, 0.25) is 0 Å². The second kappa shape index (κ2) is 8.03. The van der Waals surface area contributed by atoms with Gasteiger partial charge in [-0.3, -0.25) is 4.72 Å². The molecule has 0 atom stereocenters. The van der Waals surface area contributed by atoms with Gasteiger partial charge in [0.1, 0.15) is 10.8 Å². The van der Waals surface area contributed by atoms with Crippen LogP contribution in [-0.2, 0) is 21.4 Å². The molecule has 1 aromatic heterocycles. The van der Waals surface area contributed by atoms with Crippen LogP contribution in [0, 0.1) is 11.3 Å². The molecule has 0 radical (unpaired) electrons. The average Bonchev–Trinajstić information content (AvgIpc) is 3.23. The Bertz CT molecular complexity index is 1070. The molecular formula is C19H14N2O4S2. The van der Waals surface area contributed by atoms with Crippen LogP contribution in [0.25, 0.3) is 0 Å². The summed E-state index contributed by atoms with van der Waals surface area (Å²) < 4.78 is 32.3. The largest absolute Gasteiger partial charge is 0.457 e. The molecule has 136 valence electrons. The Labute approximate surface area is 160 Å². The van der Waals surface area contributed by atoms with Crippen LogP contribution >= 0.6 is 11.3 Å². The zero-order valence-corrected chi connectivity index (χ0v) is 15.6. The lowest BCUT2D eigenvalue weighted by atomic mass is 10.1. The topological polar surface area (TPSA) is 96.3 Å². The molecule has 0 saturated heterocycles. The highest BCUT2D eigenvalue weighted by Gasteiger charge is 2.15. The monoisotopic (exact) mass is 398 g/mol. The summed E-state index contributed by atoms with van der Waals surface area (Å²) >= 11 is 1.12. The Balaban J connectivity index is 1.61. The predicted molar refractivity (Wildman–Crippen MR) is 102 cm³/mol. The third-order valence-corrected chi connectivity index (χ3v) is 6.36. The second-order valence-corrected chi connectivity index (χ2v) is 8.36. The summed E-state index contributed by atoms with van der Waals surface area (Å²) in [4.78, 5) is 12.1. The van der Waals surface area contributed by atoms with Crippen LogP contribution in [0.15, 0.2) is 70.3 Å². The van der Waals surface area contributed by atoms with Crippen molar-refractivity contribution in [3.63, 3.8) is 0 Å². The fourth-order valence-corrected chi connectivity index (χ4v) is 4.26. The molecule has 8 heteroatoms. The molecule has 0 aliphatic heterocycles. The zero-order chi connectivity index (χ0) is 19.3. The number of sulfonamides is 1. The number of nitriles is 1. The maximum atomic E-state index is 12.2. The minimum absolute atomic E-state index is 0.0807. The van der Waals surface area contributed by atoms with Gasteiger partial charge in [0.15, 0.2) is 0 Å². The van der Waals surface area contributed by atoms with Gasteiger partial charge in [-0.15, -0.1) is 11.3 Å². The summed E-state index contributed by atoms with van der Waals surface area (Å²) in [6.07, 6.45) is 0. The molecule has 1 N–H and O–H groups in total. The lowest BCUT2D eigenvalue weighted by Crippen LogP contribution is -2.11. The minimum Gasteiger partial charge on any atom is -0.457 e. The Morgan fingerprint density at radius 1 is 1.07 bits per heavy atom. The van der Waals surface area contributed by atoms with E-state index in [1.165, 1.54) is 30.3 Å². The quantitative estimate of drug-likeness (QED) is 0.638. The summed E-state index contributed by atoms with van der Waals surface area (Å²) in [6.45, 7) is 0.0807. The number of esters is 1. The summed E-state index contributed by atoms with van der Waals surface area (Å²) in [7, 11) is -3.63. The number of hydrogen-bond donors (Lipinski definition) is 1. The second-order valence-electron chi connectivity index (χ2n) is 5.50. The first-order chi connectivity index (χ1) is 13.0. The first-order valence-corrected chi connectivity index (χ1v) is 10.2. The van der Waals surface area contributed by atoms with E-state index in [4.69, 9.17) is 10.00 Å². The third-order valence-electron chi connectivity index (χ3n) is 3.59. The molecule has 2 aromatic carbocycles. The van der Waals surface area contributed by atoms with Crippen molar-refractivity contribution >= 4 is 33.0 Å². The van der Waals surface area contributed by atoms with E-state index in [-0.39, 0.29) is 10.8 Å². The van der Waals surface area contributed by atoms with Gasteiger partial charge in [-0.2, -0.15) is 5.26 Å². The number of ether oxygens (including phenoxy) is 1. The van der Waals surface area contributed by atoms with Crippen LogP contribution in [0.5, 0.6) is 0 Å². The molecular weight excluding hydrogens is 384 g/mol. The zero-order valence-electron chi connectivity index (χ0n) is 14.0. The van der Waals surface area contributed by atoms with E-state index in [1.807, 2.05) is 6.07 Å². The minimum atomic E-state index is -3.63. The van der Waals surface area contributed by atoms with Crippen molar-refractivity contribution in [2.75, 3.05) is 4.72 Å². The van der Waals surface area contributed by atoms with E-state index in [1.54, 1.807) is 35.7 Å². The highest BCUT2D eigenvalue weighted by molar-refractivity contribution is 7.94. The van der Waals surface area contributed by atoms with Gasteiger partial charge < -0.3 is 4.74 Å². The molecule has 27 heavy (non-hydrogen) atoms. The molecule has 3 rings (SSSR count). The van der Waals surface area contributed by atoms with Gasteiger partial charge in [0.25, 0.3) is 10.0 Å². The molecule has 0 unspecified atom stereocenters. The third kappa shape index (κ3) is 4.73.